The number of thioether (sulfide) groups is 1. The number of nitrogens with zero attached hydrogens (tertiary/aromatic N) is 4. The zero-order valence-electron chi connectivity index (χ0n) is 12.8. The predicted octanol–water partition coefficient (Wildman–Crippen LogP) is 4.11. The van der Waals surface area contributed by atoms with Crippen LogP contribution in [0.3, 0.4) is 0 Å². The lowest BCUT2D eigenvalue weighted by Gasteiger charge is -2.23. The molecule has 23 heavy (non-hydrogen) atoms. The van der Waals surface area contributed by atoms with E-state index in [1.807, 2.05) is 35.2 Å². The van der Waals surface area contributed by atoms with E-state index in [4.69, 9.17) is 4.99 Å². The van der Waals surface area contributed by atoms with Crippen LogP contribution in [0.5, 0.6) is 0 Å². The van der Waals surface area contributed by atoms with Crippen LogP contribution in [0.1, 0.15) is 23.6 Å². The van der Waals surface area contributed by atoms with Gasteiger partial charge in [-0.15, -0.1) is 5.10 Å². The molecule has 1 aliphatic heterocycles. The molecule has 0 spiro atoms. The molecule has 3 aromatic rings. The summed E-state index contributed by atoms with van der Waals surface area (Å²) in [6.07, 6.45) is 2.80. The van der Waals surface area contributed by atoms with Gasteiger partial charge in [-0.2, -0.15) is 4.98 Å². The minimum absolute atomic E-state index is 0.132. The molecule has 114 valence electrons. The zero-order valence-corrected chi connectivity index (χ0v) is 13.6. The molecular formula is C18H16N4S. The van der Waals surface area contributed by atoms with Crippen LogP contribution < -0.4 is 0 Å². The first kappa shape index (κ1) is 14.2. The molecule has 5 heteroatoms. The average Bonchev–Trinajstić information content (AvgIpc) is 3.05. The molecule has 0 bridgehead atoms. The Morgan fingerprint density at radius 2 is 1.70 bits per heavy atom. The van der Waals surface area contributed by atoms with E-state index in [1.54, 1.807) is 11.8 Å². The van der Waals surface area contributed by atoms with Crippen molar-refractivity contribution in [3.8, 4) is 0 Å². The first-order chi connectivity index (χ1) is 11.3. The van der Waals surface area contributed by atoms with Crippen LogP contribution in [0.15, 0.2) is 70.8 Å². The fourth-order valence-corrected chi connectivity index (χ4v) is 3.19. The van der Waals surface area contributed by atoms with Crippen LogP contribution in [0.2, 0.25) is 0 Å². The molecule has 0 saturated carbocycles. The van der Waals surface area contributed by atoms with E-state index in [2.05, 4.69) is 46.5 Å². The van der Waals surface area contributed by atoms with E-state index < -0.39 is 0 Å². The maximum Gasteiger partial charge on any atom is 0.249 e. The Hall–Kier alpha value is -2.40. The molecule has 1 aromatic heterocycles. The van der Waals surface area contributed by atoms with Crippen molar-refractivity contribution < 1.29 is 0 Å². The largest absolute Gasteiger partial charge is 0.249 e. The molecule has 0 aliphatic carbocycles. The summed E-state index contributed by atoms with van der Waals surface area (Å²) in [6.45, 7) is 0. The van der Waals surface area contributed by atoms with Crippen molar-refractivity contribution in [1.29, 1.82) is 0 Å². The first-order valence-corrected chi connectivity index (χ1v) is 8.76. The van der Waals surface area contributed by atoms with Gasteiger partial charge in [0.1, 0.15) is 0 Å². The van der Waals surface area contributed by atoms with Crippen LogP contribution >= 0.6 is 11.8 Å². The van der Waals surface area contributed by atoms with Crippen LogP contribution in [0.25, 0.3) is 0 Å². The number of hydrogen-bond donors (Lipinski definition) is 0. The van der Waals surface area contributed by atoms with Crippen molar-refractivity contribution in [3.63, 3.8) is 0 Å². The lowest BCUT2D eigenvalue weighted by Crippen LogP contribution is -2.21. The molecule has 0 N–H and O–H groups in total. The fraction of sp³-hybridized carbons (Fsp3) is 0.167. The summed E-state index contributed by atoms with van der Waals surface area (Å²) in [5.41, 5.74) is 3.44. The number of rotatable bonds is 3. The predicted molar refractivity (Wildman–Crippen MR) is 93.6 cm³/mol. The molecular weight excluding hydrogens is 304 g/mol. The van der Waals surface area contributed by atoms with Crippen molar-refractivity contribution in [2.24, 2.45) is 4.99 Å². The number of benzene rings is 2. The van der Waals surface area contributed by atoms with Gasteiger partial charge in [0, 0.05) is 6.42 Å². The molecule has 2 aromatic carbocycles. The Morgan fingerprint density at radius 1 is 1.00 bits per heavy atom. The highest BCUT2D eigenvalue weighted by Crippen LogP contribution is 2.33. The summed E-state index contributed by atoms with van der Waals surface area (Å²) in [5, 5.41) is 5.38. The van der Waals surface area contributed by atoms with Gasteiger partial charge in [0.25, 0.3) is 0 Å². The molecule has 1 aliphatic rings. The van der Waals surface area contributed by atoms with Crippen molar-refractivity contribution in [3.05, 3.63) is 71.8 Å². The standard InChI is InChI=1S/C18H16N4S/c1-23-18-20-17-19-15(13-8-4-2-5-9-13)12-16(22(17)21-18)14-10-6-3-7-11-14/h2-11,16H,12H2,1H3. The Kier molecular flexibility index (Phi) is 3.71. The molecule has 1 atom stereocenters. The Bertz CT molecular complexity index is 840. The van der Waals surface area contributed by atoms with E-state index in [-0.39, 0.29) is 6.04 Å². The molecule has 4 rings (SSSR count). The van der Waals surface area contributed by atoms with Gasteiger partial charge < -0.3 is 0 Å². The molecule has 4 nitrogen and oxygen atoms in total. The molecule has 2 heterocycles. The summed E-state index contributed by atoms with van der Waals surface area (Å²) in [7, 11) is 0. The van der Waals surface area contributed by atoms with Crippen LogP contribution in [-0.4, -0.2) is 26.7 Å². The Balaban J connectivity index is 1.83. The van der Waals surface area contributed by atoms with E-state index in [0.29, 0.717) is 5.95 Å². The second-order valence-corrected chi connectivity index (χ2v) is 6.17. The van der Waals surface area contributed by atoms with Gasteiger partial charge in [-0.1, -0.05) is 72.4 Å². The number of fused-ring (bicyclic) bond motifs is 1. The number of aliphatic imine (C=N–C) groups is 1. The summed E-state index contributed by atoms with van der Waals surface area (Å²) in [6, 6.07) is 20.9. The molecule has 0 saturated heterocycles. The maximum atomic E-state index is 4.75. The van der Waals surface area contributed by atoms with Gasteiger partial charge in [0.05, 0.1) is 11.8 Å². The highest BCUT2D eigenvalue weighted by molar-refractivity contribution is 7.98. The van der Waals surface area contributed by atoms with E-state index >= 15 is 0 Å². The molecule has 1 unspecified atom stereocenters. The Morgan fingerprint density at radius 3 is 2.39 bits per heavy atom. The summed E-state index contributed by atoms with van der Waals surface area (Å²) >= 11 is 1.54. The number of aromatic nitrogens is 3. The van der Waals surface area contributed by atoms with Crippen molar-refractivity contribution in [2.45, 2.75) is 17.6 Å². The monoisotopic (exact) mass is 320 g/mol. The van der Waals surface area contributed by atoms with Gasteiger partial charge in [-0.3, -0.25) is 0 Å². The smallest absolute Gasteiger partial charge is 0.221 e. The van der Waals surface area contributed by atoms with E-state index in [1.165, 1.54) is 5.56 Å². The second kappa shape index (κ2) is 6.01. The maximum absolute atomic E-state index is 4.75. The van der Waals surface area contributed by atoms with Gasteiger partial charge >= 0.3 is 0 Å². The highest BCUT2D eigenvalue weighted by atomic mass is 32.2. The van der Waals surface area contributed by atoms with Crippen molar-refractivity contribution in [1.82, 2.24) is 14.8 Å². The van der Waals surface area contributed by atoms with Crippen LogP contribution in [0.4, 0.5) is 5.95 Å². The van der Waals surface area contributed by atoms with Crippen LogP contribution in [0, 0.1) is 0 Å². The average molecular weight is 320 g/mol. The van der Waals surface area contributed by atoms with Crippen molar-refractivity contribution in [2.75, 3.05) is 6.26 Å². The van der Waals surface area contributed by atoms with E-state index in [9.17, 15) is 0 Å². The third-order valence-corrected chi connectivity index (χ3v) is 4.52. The minimum Gasteiger partial charge on any atom is -0.221 e. The Labute approximate surface area is 139 Å². The normalized spacial score (nSPS) is 16.7. The SMILES string of the molecule is CSc1nc2n(n1)C(c1ccccc1)CC(c1ccccc1)=N2. The van der Waals surface area contributed by atoms with E-state index in [0.717, 1.165) is 22.9 Å². The summed E-state index contributed by atoms with van der Waals surface area (Å²) in [4.78, 5) is 9.30. The lowest BCUT2D eigenvalue weighted by molar-refractivity contribution is 0.522. The highest BCUT2D eigenvalue weighted by Gasteiger charge is 2.27. The molecule has 0 radical (unpaired) electrons. The number of hydrogen-bond acceptors (Lipinski definition) is 4. The topological polar surface area (TPSA) is 43.1 Å². The summed E-state index contributed by atoms with van der Waals surface area (Å²) in [5.74, 6) is 0.688. The quantitative estimate of drug-likeness (QED) is 0.682. The first-order valence-electron chi connectivity index (χ1n) is 7.53. The third kappa shape index (κ3) is 2.68. The summed E-state index contributed by atoms with van der Waals surface area (Å²) < 4.78 is 1.95. The lowest BCUT2D eigenvalue weighted by atomic mass is 9.96. The zero-order chi connectivity index (χ0) is 15.6. The molecule has 0 fully saturated rings. The third-order valence-electron chi connectivity index (χ3n) is 3.98. The van der Waals surface area contributed by atoms with Crippen LogP contribution in [-0.2, 0) is 0 Å². The minimum atomic E-state index is 0.132. The fourth-order valence-electron chi connectivity index (χ4n) is 2.85. The second-order valence-electron chi connectivity index (χ2n) is 5.40. The van der Waals surface area contributed by atoms with Gasteiger partial charge in [0.15, 0.2) is 0 Å². The van der Waals surface area contributed by atoms with Gasteiger partial charge in [-0.25, -0.2) is 9.67 Å². The molecule has 0 amide bonds. The van der Waals surface area contributed by atoms with Crippen molar-refractivity contribution >= 4 is 23.4 Å². The van der Waals surface area contributed by atoms with Gasteiger partial charge in [-0.05, 0) is 17.4 Å². The van der Waals surface area contributed by atoms with Gasteiger partial charge in [0.2, 0.25) is 11.1 Å².